The second-order valence-electron chi connectivity index (χ2n) is 4.48. The van der Waals surface area contributed by atoms with Crippen molar-refractivity contribution in [2.45, 2.75) is 25.8 Å². The molecule has 1 saturated carbocycles. The van der Waals surface area contributed by atoms with Gasteiger partial charge < -0.3 is 4.74 Å². The molecule has 1 heterocycles. The zero-order chi connectivity index (χ0) is 12.0. The number of carbonyl (C=O) groups is 1. The minimum absolute atomic E-state index is 0.298. The molecule has 0 saturated heterocycles. The van der Waals surface area contributed by atoms with E-state index in [1.54, 1.807) is 6.07 Å². The number of hydrogen-bond acceptors (Lipinski definition) is 3. The number of carbonyl (C=O) groups excluding carboxylic acids is 1. The minimum Gasteiger partial charge on any atom is -0.465 e. The van der Waals surface area contributed by atoms with Gasteiger partial charge in [0.15, 0.2) is 0 Å². The van der Waals surface area contributed by atoms with Crippen molar-refractivity contribution in [3.63, 3.8) is 0 Å². The van der Waals surface area contributed by atoms with Crippen LogP contribution in [0, 0.1) is 6.92 Å². The number of fused-ring (bicyclic) bond motifs is 1. The molecule has 0 bridgehead atoms. The summed E-state index contributed by atoms with van der Waals surface area (Å²) in [5.41, 5.74) is 2.64. The lowest BCUT2D eigenvalue weighted by atomic mass is 10.1. The first-order chi connectivity index (χ1) is 8.20. The molecule has 1 aromatic carbocycles. The second-order valence-corrected chi connectivity index (χ2v) is 4.48. The van der Waals surface area contributed by atoms with Gasteiger partial charge in [-0.25, -0.2) is 4.79 Å². The van der Waals surface area contributed by atoms with Crippen molar-refractivity contribution in [1.82, 2.24) is 9.78 Å². The lowest BCUT2D eigenvalue weighted by Crippen LogP contribution is -2.02. The lowest BCUT2D eigenvalue weighted by molar-refractivity contribution is 0.0601. The SMILES string of the molecule is COC(=O)c1ccc2c(C)nn(C3CC3)c2c1. The molecule has 88 valence electrons. The highest BCUT2D eigenvalue weighted by Crippen LogP contribution is 2.37. The fourth-order valence-corrected chi connectivity index (χ4v) is 2.14. The molecule has 0 N–H and O–H groups in total. The maximum absolute atomic E-state index is 11.5. The Kier molecular flexibility index (Phi) is 2.18. The van der Waals surface area contributed by atoms with E-state index in [0.29, 0.717) is 11.6 Å². The summed E-state index contributed by atoms with van der Waals surface area (Å²) < 4.78 is 6.78. The van der Waals surface area contributed by atoms with Crippen LogP contribution in [-0.4, -0.2) is 22.9 Å². The summed E-state index contributed by atoms with van der Waals surface area (Å²) in [4.78, 5) is 11.5. The number of esters is 1. The largest absolute Gasteiger partial charge is 0.465 e. The highest BCUT2D eigenvalue weighted by atomic mass is 16.5. The molecule has 1 aliphatic rings. The summed E-state index contributed by atoms with van der Waals surface area (Å²) >= 11 is 0. The summed E-state index contributed by atoms with van der Waals surface area (Å²) in [6, 6.07) is 6.13. The average Bonchev–Trinajstić information content (AvgIpc) is 3.14. The van der Waals surface area contributed by atoms with Gasteiger partial charge in [-0.2, -0.15) is 5.10 Å². The van der Waals surface area contributed by atoms with Crippen molar-refractivity contribution >= 4 is 16.9 Å². The molecule has 1 aliphatic carbocycles. The normalized spacial score (nSPS) is 15.2. The number of benzene rings is 1. The number of aryl methyl sites for hydroxylation is 1. The van der Waals surface area contributed by atoms with Crippen molar-refractivity contribution in [3.05, 3.63) is 29.5 Å². The van der Waals surface area contributed by atoms with Crippen molar-refractivity contribution in [3.8, 4) is 0 Å². The molecule has 1 aromatic heterocycles. The van der Waals surface area contributed by atoms with Crippen LogP contribution in [0.5, 0.6) is 0 Å². The fourth-order valence-electron chi connectivity index (χ4n) is 2.14. The van der Waals surface area contributed by atoms with Crippen LogP contribution in [0.2, 0.25) is 0 Å². The predicted octanol–water partition coefficient (Wildman–Crippen LogP) is 2.47. The number of nitrogens with zero attached hydrogens (tertiary/aromatic N) is 2. The van der Waals surface area contributed by atoms with Gasteiger partial charge in [0.25, 0.3) is 0 Å². The van der Waals surface area contributed by atoms with E-state index in [1.807, 2.05) is 23.7 Å². The Hall–Kier alpha value is -1.84. The van der Waals surface area contributed by atoms with E-state index in [4.69, 9.17) is 4.74 Å². The van der Waals surface area contributed by atoms with Crippen molar-refractivity contribution < 1.29 is 9.53 Å². The molecule has 0 aliphatic heterocycles. The molecule has 0 spiro atoms. The lowest BCUT2D eigenvalue weighted by Gasteiger charge is -2.02. The molecule has 4 nitrogen and oxygen atoms in total. The molecule has 0 radical (unpaired) electrons. The molecular weight excluding hydrogens is 216 g/mol. The van der Waals surface area contributed by atoms with Crippen LogP contribution in [0.1, 0.15) is 34.9 Å². The standard InChI is InChI=1S/C13H14N2O2/c1-8-11-6-3-9(13(16)17-2)7-12(11)15(14-8)10-4-5-10/h3,6-7,10H,4-5H2,1-2H3. The highest BCUT2D eigenvalue weighted by Gasteiger charge is 2.27. The summed E-state index contributed by atoms with van der Waals surface area (Å²) in [7, 11) is 1.40. The Balaban J connectivity index is 2.19. The van der Waals surface area contributed by atoms with Crippen molar-refractivity contribution in [2.75, 3.05) is 7.11 Å². The van der Waals surface area contributed by atoms with E-state index in [0.717, 1.165) is 16.6 Å². The first-order valence-electron chi connectivity index (χ1n) is 5.78. The van der Waals surface area contributed by atoms with Gasteiger partial charge in [-0.05, 0) is 31.9 Å². The average molecular weight is 230 g/mol. The minimum atomic E-state index is -0.298. The Morgan fingerprint density at radius 2 is 2.24 bits per heavy atom. The first-order valence-corrected chi connectivity index (χ1v) is 5.78. The van der Waals surface area contributed by atoms with Crippen LogP contribution in [-0.2, 0) is 4.74 Å². The topological polar surface area (TPSA) is 44.1 Å². The predicted molar refractivity (Wildman–Crippen MR) is 64.1 cm³/mol. The van der Waals surface area contributed by atoms with Gasteiger partial charge in [-0.15, -0.1) is 0 Å². The molecule has 0 amide bonds. The van der Waals surface area contributed by atoms with Crippen LogP contribution >= 0.6 is 0 Å². The number of rotatable bonds is 2. The summed E-state index contributed by atoms with van der Waals surface area (Å²) in [5, 5.41) is 5.66. The number of hydrogen-bond donors (Lipinski definition) is 0. The van der Waals surface area contributed by atoms with Gasteiger partial charge in [0.1, 0.15) is 0 Å². The highest BCUT2D eigenvalue weighted by molar-refractivity contribution is 5.95. The molecule has 4 heteroatoms. The Morgan fingerprint density at radius 1 is 1.47 bits per heavy atom. The van der Waals surface area contributed by atoms with Crippen LogP contribution in [0.3, 0.4) is 0 Å². The first kappa shape index (κ1) is 10.3. The second kappa shape index (κ2) is 3.58. The zero-order valence-corrected chi connectivity index (χ0v) is 9.93. The van der Waals surface area contributed by atoms with Crippen molar-refractivity contribution in [1.29, 1.82) is 0 Å². The number of methoxy groups -OCH3 is 1. The number of ether oxygens (including phenoxy) is 1. The van der Waals surface area contributed by atoms with Crippen molar-refractivity contribution in [2.24, 2.45) is 0 Å². The quantitative estimate of drug-likeness (QED) is 0.744. The molecule has 17 heavy (non-hydrogen) atoms. The Labute approximate surface area is 99.2 Å². The molecule has 1 fully saturated rings. The van der Waals surface area contributed by atoms with Crippen LogP contribution in [0.4, 0.5) is 0 Å². The van der Waals surface area contributed by atoms with E-state index >= 15 is 0 Å². The van der Waals surface area contributed by atoms with Gasteiger partial charge in [0, 0.05) is 5.39 Å². The van der Waals surface area contributed by atoms with E-state index < -0.39 is 0 Å². The van der Waals surface area contributed by atoms with Gasteiger partial charge in [-0.3, -0.25) is 4.68 Å². The molecule has 0 unspecified atom stereocenters. The zero-order valence-electron chi connectivity index (χ0n) is 9.93. The smallest absolute Gasteiger partial charge is 0.337 e. The van der Waals surface area contributed by atoms with E-state index in [9.17, 15) is 4.79 Å². The van der Waals surface area contributed by atoms with Crippen LogP contribution in [0.25, 0.3) is 10.9 Å². The van der Waals surface area contributed by atoms with E-state index in [2.05, 4.69) is 5.10 Å². The van der Waals surface area contributed by atoms with Crippen LogP contribution < -0.4 is 0 Å². The Bertz CT molecular complexity index is 597. The summed E-state index contributed by atoms with van der Waals surface area (Å²) in [5.74, 6) is -0.298. The third-order valence-corrected chi connectivity index (χ3v) is 3.21. The third kappa shape index (κ3) is 1.60. The molecule has 2 aromatic rings. The van der Waals surface area contributed by atoms with E-state index in [-0.39, 0.29) is 5.97 Å². The van der Waals surface area contributed by atoms with Crippen LogP contribution in [0.15, 0.2) is 18.2 Å². The maximum Gasteiger partial charge on any atom is 0.337 e. The molecule has 3 rings (SSSR count). The van der Waals surface area contributed by atoms with E-state index in [1.165, 1.54) is 20.0 Å². The van der Waals surface area contributed by atoms with Gasteiger partial charge >= 0.3 is 5.97 Å². The maximum atomic E-state index is 11.5. The summed E-state index contributed by atoms with van der Waals surface area (Å²) in [6.45, 7) is 2.00. The number of aromatic nitrogens is 2. The fraction of sp³-hybridized carbons (Fsp3) is 0.385. The Morgan fingerprint density at radius 3 is 2.88 bits per heavy atom. The van der Waals surface area contributed by atoms with Gasteiger partial charge in [-0.1, -0.05) is 6.07 Å². The van der Waals surface area contributed by atoms with Gasteiger partial charge in [0.2, 0.25) is 0 Å². The molecular formula is C13H14N2O2. The van der Waals surface area contributed by atoms with Gasteiger partial charge in [0.05, 0.1) is 29.9 Å². The molecule has 0 atom stereocenters. The monoisotopic (exact) mass is 230 g/mol. The third-order valence-electron chi connectivity index (χ3n) is 3.21. The summed E-state index contributed by atoms with van der Waals surface area (Å²) in [6.07, 6.45) is 2.36.